The first kappa shape index (κ1) is 17.5. The van der Waals surface area contributed by atoms with Crippen LogP contribution in [0, 0.1) is 0 Å². The zero-order chi connectivity index (χ0) is 20.4. The van der Waals surface area contributed by atoms with Gasteiger partial charge >= 0.3 is 0 Å². The molecule has 4 aromatic heterocycles. The van der Waals surface area contributed by atoms with Crippen molar-refractivity contribution in [2.45, 2.75) is 30.8 Å². The largest absolute Gasteiger partial charge is 0.330 e. The molecule has 8 nitrogen and oxygen atoms in total. The number of rotatable bonds is 4. The van der Waals surface area contributed by atoms with Crippen molar-refractivity contribution in [1.29, 1.82) is 0 Å². The Balaban J connectivity index is 1.45. The molecule has 0 atom stereocenters. The van der Waals surface area contributed by atoms with Gasteiger partial charge in [-0.05, 0) is 38.1 Å². The van der Waals surface area contributed by atoms with Crippen LogP contribution >= 0.6 is 11.8 Å². The van der Waals surface area contributed by atoms with E-state index in [-0.39, 0.29) is 6.04 Å². The van der Waals surface area contributed by atoms with E-state index in [4.69, 9.17) is 10.1 Å². The lowest BCUT2D eigenvalue weighted by molar-refractivity contribution is 0.628. The SMILES string of the molecule is CC(C)n1c2ccccc2n2c1nn1c(SCc3nc4ccccc4n3C)nnc12. The average Bonchev–Trinajstić information content (AvgIpc) is 3.46. The third-order valence-electron chi connectivity index (χ3n) is 5.51. The summed E-state index contributed by atoms with van der Waals surface area (Å²) < 4.78 is 8.30. The molecule has 0 unspecified atom stereocenters. The number of aryl methyl sites for hydroxylation is 1. The van der Waals surface area contributed by atoms with E-state index in [0.29, 0.717) is 5.75 Å². The molecule has 9 heteroatoms. The summed E-state index contributed by atoms with van der Waals surface area (Å²) >= 11 is 1.60. The standard InChI is InChI=1S/C21H20N8S/c1-13(2)27-16-10-6-7-11-17(16)28-19-23-24-21(29(19)25-20(27)28)30-12-18-22-14-8-4-5-9-15(14)26(18)3/h4-11,13H,12H2,1-3H3. The third-order valence-corrected chi connectivity index (χ3v) is 6.42. The van der Waals surface area contributed by atoms with Crippen molar-refractivity contribution in [3.63, 3.8) is 0 Å². The molecule has 0 radical (unpaired) electrons. The Morgan fingerprint density at radius 3 is 2.40 bits per heavy atom. The summed E-state index contributed by atoms with van der Waals surface area (Å²) in [6.45, 7) is 4.34. The summed E-state index contributed by atoms with van der Waals surface area (Å²) in [6, 6.07) is 16.8. The minimum Gasteiger partial charge on any atom is -0.330 e. The van der Waals surface area contributed by atoms with Gasteiger partial charge in [0.05, 0.1) is 27.8 Å². The molecule has 4 heterocycles. The summed E-state index contributed by atoms with van der Waals surface area (Å²) in [6.07, 6.45) is 0. The Kier molecular flexibility index (Phi) is 3.70. The van der Waals surface area contributed by atoms with Crippen molar-refractivity contribution in [3.05, 3.63) is 54.4 Å². The van der Waals surface area contributed by atoms with Gasteiger partial charge in [0.15, 0.2) is 0 Å². The molecule has 6 aromatic rings. The maximum atomic E-state index is 4.88. The number of aromatic nitrogens is 8. The van der Waals surface area contributed by atoms with E-state index < -0.39 is 0 Å². The first-order valence-electron chi connectivity index (χ1n) is 9.89. The van der Waals surface area contributed by atoms with E-state index >= 15 is 0 Å². The van der Waals surface area contributed by atoms with E-state index in [1.807, 2.05) is 35.8 Å². The molecular formula is C21H20N8S. The second-order valence-corrected chi connectivity index (χ2v) is 8.59. The maximum absolute atomic E-state index is 4.88. The topological polar surface area (TPSA) is 70.2 Å². The molecule has 0 aliphatic rings. The Morgan fingerprint density at radius 2 is 1.63 bits per heavy atom. The minimum absolute atomic E-state index is 0.281. The number of para-hydroxylation sites is 4. The molecule has 6 rings (SSSR count). The van der Waals surface area contributed by atoms with Crippen LogP contribution in [-0.4, -0.2) is 38.3 Å². The number of imidazole rings is 2. The van der Waals surface area contributed by atoms with Crippen molar-refractivity contribution in [2.24, 2.45) is 7.05 Å². The van der Waals surface area contributed by atoms with Crippen LogP contribution in [0.25, 0.3) is 33.6 Å². The molecule has 0 amide bonds. The van der Waals surface area contributed by atoms with Gasteiger partial charge in [-0.15, -0.1) is 15.3 Å². The number of nitrogens with zero attached hydrogens (tertiary/aromatic N) is 8. The summed E-state index contributed by atoms with van der Waals surface area (Å²) in [5.74, 6) is 3.30. The highest BCUT2D eigenvalue weighted by molar-refractivity contribution is 7.98. The quantitative estimate of drug-likeness (QED) is 0.405. The molecule has 0 fully saturated rings. The molecule has 150 valence electrons. The Hall–Kier alpha value is -3.33. The molecule has 0 saturated carbocycles. The highest BCUT2D eigenvalue weighted by atomic mass is 32.2. The van der Waals surface area contributed by atoms with Crippen LogP contribution in [0.3, 0.4) is 0 Å². The first-order valence-corrected chi connectivity index (χ1v) is 10.9. The van der Waals surface area contributed by atoms with Gasteiger partial charge in [-0.3, -0.25) is 0 Å². The second-order valence-electron chi connectivity index (χ2n) is 7.65. The number of benzene rings is 2. The van der Waals surface area contributed by atoms with Gasteiger partial charge in [0.25, 0.3) is 5.78 Å². The average molecular weight is 417 g/mol. The van der Waals surface area contributed by atoms with Crippen LogP contribution in [0.4, 0.5) is 0 Å². The van der Waals surface area contributed by atoms with Gasteiger partial charge < -0.3 is 9.13 Å². The molecular weight excluding hydrogens is 396 g/mol. The molecule has 2 aromatic carbocycles. The fraction of sp³-hybridized carbons (Fsp3) is 0.238. The zero-order valence-corrected chi connectivity index (χ0v) is 17.7. The predicted molar refractivity (Wildman–Crippen MR) is 118 cm³/mol. The van der Waals surface area contributed by atoms with Crippen LogP contribution in [-0.2, 0) is 12.8 Å². The van der Waals surface area contributed by atoms with Crippen molar-refractivity contribution in [1.82, 2.24) is 38.3 Å². The monoisotopic (exact) mass is 416 g/mol. The van der Waals surface area contributed by atoms with Gasteiger partial charge in [-0.1, -0.05) is 36.0 Å². The van der Waals surface area contributed by atoms with Crippen molar-refractivity contribution < 1.29 is 0 Å². The fourth-order valence-electron chi connectivity index (χ4n) is 4.10. The van der Waals surface area contributed by atoms with Gasteiger partial charge in [-0.2, -0.15) is 4.52 Å². The molecule has 0 aliphatic carbocycles. The van der Waals surface area contributed by atoms with Crippen LogP contribution in [0.1, 0.15) is 25.7 Å². The van der Waals surface area contributed by atoms with Crippen LogP contribution < -0.4 is 0 Å². The Bertz CT molecular complexity index is 1550. The second kappa shape index (κ2) is 6.33. The highest BCUT2D eigenvalue weighted by Crippen LogP contribution is 2.28. The lowest BCUT2D eigenvalue weighted by Gasteiger charge is -2.08. The minimum atomic E-state index is 0.281. The fourth-order valence-corrected chi connectivity index (χ4v) is 4.96. The van der Waals surface area contributed by atoms with Crippen LogP contribution in [0.2, 0.25) is 0 Å². The number of thioether (sulfide) groups is 1. The molecule has 0 bridgehead atoms. The molecule has 0 saturated heterocycles. The lowest BCUT2D eigenvalue weighted by atomic mass is 10.3. The predicted octanol–water partition coefficient (Wildman–Crippen LogP) is 4.09. The van der Waals surface area contributed by atoms with Gasteiger partial charge in [0.1, 0.15) is 5.82 Å². The van der Waals surface area contributed by atoms with E-state index in [1.165, 1.54) is 0 Å². The number of hydrogen-bond acceptors (Lipinski definition) is 5. The van der Waals surface area contributed by atoms with Gasteiger partial charge in [0, 0.05) is 13.1 Å². The molecule has 0 aliphatic heterocycles. The van der Waals surface area contributed by atoms with Crippen molar-refractivity contribution in [3.8, 4) is 0 Å². The summed E-state index contributed by atoms with van der Waals surface area (Å²) in [4.78, 5) is 4.76. The zero-order valence-electron chi connectivity index (χ0n) is 16.9. The molecule has 0 spiro atoms. The normalized spacial score (nSPS) is 12.4. The first-order chi connectivity index (χ1) is 14.6. The van der Waals surface area contributed by atoms with Gasteiger partial charge in [-0.25, -0.2) is 9.38 Å². The summed E-state index contributed by atoms with van der Waals surface area (Å²) in [5, 5.41) is 14.5. The van der Waals surface area contributed by atoms with Crippen LogP contribution in [0.15, 0.2) is 53.7 Å². The molecule has 30 heavy (non-hydrogen) atoms. The maximum Gasteiger partial charge on any atom is 0.260 e. The number of hydrogen-bond donors (Lipinski definition) is 0. The van der Waals surface area contributed by atoms with E-state index in [1.54, 1.807) is 11.8 Å². The lowest BCUT2D eigenvalue weighted by Crippen LogP contribution is -2.02. The summed E-state index contributed by atoms with van der Waals surface area (Å²) in [5.41, 5.74) is 4.37. The smallest absolute Gasteiger partial charge is 0.260 e. The molecule has 0 N–H and O–H groups in total. The summed E-state index contributed by atoms with van der Waals surface area (Å²) in [7, 11) is 2.05. The van der Waals surface area contributed by atoms with Crippen molar-refractivity contribution in [2.75, 3.05) is 0 Å². The Labute approximate surface area is 176 Å². The van der Waals surface area contributed by atoms with Crippen molar-refractivity contribution >= 4 is 45.4 Å². The van der Waals surface area contributed by atoms with E-state index in [2.05, 4.69) is 61.8 Å². The Morgan fingerprint density at radius 1 is 0.900 bits per heavy atom. The number of fused-ring (bicyclic) bond motifs is 6. The third kappa shape index (κ3) is 2.35. The van der Waals surface area contributed by atoms with Crippen LogP contribution in [0.5, 0.6) is 0 Å². The highest BCUT2D eigenvalue weighted by Gasteiger charge is 2.21. The van der Waals surface area contributed by atoms with E-state index in [0.717, 1.165) is 44.6 Å². The van der Waals surface area contributed by atoms with E-state index in [9.17, 15) is 0 Å². The van der Waals surface area contributed by atoms with Gasteiger partial charge in [0.2, 0.25) is 10.9 Å².